The highest BCUT2D eigenvalue weighted by atomic mass is 16.5. The van der Waals surface area contributed by atoms with Gasteiger partial charge in [0.15, 0.2) is 0 Å². The van der Waals surface area contributed by atoms with Crippen molar-refractivity contribution in [1.82, 2.24) is 25.1 Å². The van der Waals surface area contributed by atoms with Crippen LogP contribution in [0.4, 0.5) is 10.7 Å². The average molecular weight is 465 g/mol. The number of carbonyl (C=O) groups is 2. The van der Waals surface area contributed by atoms with E-state index in [9.17, 15) is 9.59 Å². The minimum Gasteiger partial charge on any atom is -0.373 e. The first-order valence-electron chi connectivity index (χ1n) is 12.1. The molecule has 3 saturated heterocycles. The zero-order valence-electron chi connectivity index (χ0n) is 19.6. The Morgan fingerprint density at radius 2 is 1.82 bits per heavy atom. The van der Waals surface area contributed by atoms with Crippen LogP contribution >= 0.6 is 0 Å². The van der Waals surface area contributed by atoms with Gasteiger partial charge in [0.05, 0.1) is 25.8 Å². The van der Waals surface area contributed by atoms with Gasteiger partial charge in [-0.3, -0.25) is 14.6 Å². The molecule has 0 bridgehead atoms. The molecule has 2 atom stereocenters. The number of rotatable bonds is 6. The summed E-state index contributed by atoms with van der Waals surface area (Å²) in [5.41, 5.74) is 2.55. The van der Waals surface area contributed by atoms with Gasteiger partial charge in [-0.2, -0.15) is 0 Å². The first kappa shape index (κ1) is 22.7. The van der Waals surface area contributed by atoms with E-state index in [1.807, 2.05) is 6.07 Å². The van der Waals surface area contributed by atoms with Crippen LogP contribution in [0.15, 0.2) is 42.7 Å². The van der Waals surface area contributed by atoms with E-state index in [0.717, 1.165) is 38.3 Å². The molecule has 2 unspecified atom stereocenters. The van der Waals surface area contributed by atoms with E-state index in [-0.39, 0.29) is 30.6 Å². The molecular formula is C25H32N6O3. The van der Waals surface area contributed by atoms with Crippen molar-refractivity contribution in [3.63, 3.8) is 0 Å². The number of hydrogen-bond acceptors (Lipinski definition) is 7. The third-order valence-electron chi connectivity index (χ3n) is 7.09. The van der Waals surface area contributed by atoms with E-state index in [4.69, 9.17) is 4.74 Å². The molecule has 0 aliphatic carbocycles. The molecule has 0 radical (unpaired) electrons. The zero-order valence-corrected chi connectivity index (χ0v) is 19.6. The number of amides is 3. The molecule has 180 valence electrons. The minimum absolute atomic E-state index is 0.0747. The fourth-order valence-electron chi connectivity index (χ4n) is 5.21. The number of imide groups is 1. The summed E-state index contributed by atoms with van der Waals surface area (Å²) in [7, 11) is 0. The molecule has 1 N–H and O–H groups in total. The van der Waals surface area contributed by atoms with Crippen LogP contribution in [0.5, 0.6) is 0 Å². The number of urea groups is 1. The number of aromatic nitrogens is 2. The second kappa shape index (κ2) is 10.1. The molecule has 1 aromatic carbocycles. The third-order valence-corrected chi connectivity index (χ3v) is 7.09. The van der Waals surface area contributed by atoms with Crippen molar-refractivity contribution in [3.05, 3.63) is 53.9 Å². The number of nitrogens with one attached hydrogen (secondary N) is 1. The highest BCUT2D eigenvalue weighted by Crippen LogP contribution is 2.27. The van der Waals surface area contributed by atoms with E-state index in [2.05, 4.69) is 56.3 Å². The fraction of sp³-hybridized carbons (Fsp3) is 0.520. The van der Waals surface area contributed by atoms with Gasteiger partial charge in [0.2, 0.25) is 11.9 Å². The molecule has 9 nitrogen and oxygen atoms in total. The van der Waals surface area contributed by atoms with Gasteiger partial charge < -0.3 is 15.0 Å². The van der Waals surface area contributed by atoms with Crippen molar-refractivity contribution in [2.24, 2.45) is 0 Å². The number of anilines is 1. The number of piperidine rings is 1. The number of ether oxygens (including phenoxy) is 1. The molecule has 3 fully saturated rings. The SMILES string of the molecule is Cc1ccc(CC2COC(CN3C(=O)CNC3=O)CN2C2CCN(c3ncccn3)CC2)cc1. The molecule has 5 rings (SSSR count). The van der Waals surface area contributed by atoms with Crippen LogP contribution in [0.1, 0.15) is 24.0 Å². The molecule has 3 aliphatic rings. The Morgan fingerprint density at radius 1 is 1.09 bits per heavy atom. The molecule has 1 aromatic heterocycles. The second-order valence-corrected chi connectivity index (χ2v) is 9.43. The normalized spacial score (nSPS) is 24.5. The first-order chi connectivity index (χ1) is 16.6. The summed E-state index contributed by atoms with van der Waals surface area (Å²) in [5, 5.41) is 2.60. The Morgan fingerprint density at radius 3 is 2.50 bits per heavy atom. The molecule has 0 spiro atoms. The molecule has 3 amide bonds. The van der Waals surface area contributed by atoms with Crippen molar-refractivity contribution in [1.29, 1.82) is 0 Å². The van der Waals surface area contributed by atoms with Gasteiger partial charge >= 0.3 is 6.03 Å². The number of hydrogen-bond donors (Lipinski definition) is 1. The third kappa shape index (κ3) is 5.05. The summed E-state index contributed by atoms with van der Waals surface area (Å²) in [6.07, 6.45) is 6.33. The Balaban J connectivity index is 1.28. The number of morpholine rings is 1. The van der Waals surface area contributed by atoms with E-state index in [0.29, 0.717) is 25.7 Å². The van der Waals surface area contributed by atoms with Crippen molar-refractivity contribution in [2.45, 2.75) is 44.4 Å². The second-order valence-electron chi connectivity index (χ2n) is 9.43. The van der Waals surface area contributed by atoms with Gasteiger partial charge in [-0.25, -0.2) is 14.8 Å². The maximum atomic E-state index is 12.1. The summed E-state index contributed by atoms with van der Waals surface area (Å²) in [6.45, 7) is 5.58. The van der Waals surface area contributed by atoms with E-state index >= 15 is 0 Å². The highest BCUT2D eigenvalue weighted by molar-refractivity contribution is 6.01. The number of carbonyl (C=O) groups excluding carboxylic acids is 2. The van der Waals surface area contributed by atoms with E-state index < -0.39 is 0 Å². The van der Waals surface area contributed by atoms with Gasteiger partial charge in [-0.05, 0) is 37.8 Å². The number of aryl methyl sites for hydroxylation is 1. The van der Waals surface area contributed by atoms with Crippen LogP contribution in [-0.2, 0) is 16.0 Å². The molecule has 34 heavy (non-hydrogen) atoms. The minimum atomic E-state index is -0.321. The maximum Gasteiger partial charge on any atom is 0.324 e. The van der Waals surface area contributed by atoms with Gasteiger partial charge in [0.1, 0.15) is 0 Å². The van der Waals surface area contributed by atoms with Gasteiger partial charge in [-0.1, -0.05) is 29.8 Å². The lowest BCUT2D eigenvalue weighted by molar-refractivity contribution is -0.129. The first-order valence-corrected chi connectivity index (χ1v) is 12.1. The molecule has 4 heterocycles. The van der Waals surface area contributed by atoms with Gasteiger partial charge in [-0.15, -0.1) is 0 Å². The maximum absolute atomic E-state index is 12.1. The summed E-state index contributed by atoms with van der Waals surface area (Å²) in [5.74, 6) is 0.605. The molecule has 3 aliphatic heterocycles. The van der Waals surface area contributed by atoms with Crippen molar-refractivity contribution < 1.29 is 14.3 Å². The zero-order chi connectivity index (χ0) is 23.5. The van der Waals surface area contributed by atoms with Gasteiger partial charge in [0.25, 0.3) is 0 Å². The van der Waals surface area contributed by atoms with Crippen LogP contribution < -0.4 is 10.2 Å². The topological polar surface area (TPSA) is 90.9 Å². The summed E-state index contributed by atoms with van der Waals surface area (Å²) < 4.78 is 6.21. The summed E-state index contributed by atoms with van der Waals surface area (Å²) in [4.78, 5) is 39.1. The van der Waals surface area contributed by atoms with Crippen LogP contribution in [0.3, 0.4) is 0 Å². The van der Waals surface area contributed by atoms with Crippen LogP contribution in [0, 0.1) is 6.92 Å². The predicted octanol–water partition coefficient (Wildman–Crippen LogP) is 1.62. The summed E-state index contributed by atoms with van der Waals surface area (Å²) in [6, 6.07) is 10.9. The molecule has 9 heteroatoms. The van der Waals surface area contributed by atoms with Crippen molar-refractivity contribution >= 4 is 17.9 Å². The monoisotopic (exact) mass is 464 g/mol. The van der Waals surface area contributed by atoms with Crippen molar-refractivity contribution in [3.8, 4) is 0 Å². The number of nitrogens with zero attached hydrogens (tertiary/aromatic N) is 5. The van der Waals surface area contributed by atoms with E-state index in [1.165, 1.54) is 16.0 Å². The Bertz CT molecular complexity index is 977. The Kier molecular flexibility index (Phi) is 6.73. The average Bonchev–Trinajstić information content (AvgIpc) is 3.19. The standard InChI is InChI=1S/C25H32N6O3/c1-18-3-5-19(6-4-18)13-21-17-34-22(16-31-23(32)14-28-25(31)33)15-30(21)20-7-11-29(12-8-20)24-26-9-2-10-27-24/h2-6,9-10,20-22H,7-8,11-17H2,1H3,(H,28,33). The van der Waals surface area contributed by atoms with Crippen LogP contribution in [0.25, 0.3) is 0 Å². The molecule has 2 aromatic rings. The Hall–Kier alpha value is -3.04. The van der Waals surface area contributed by atoms with Crippen molar-refractivity contribution in [2.75, 3.05) is 44.2 Å². The van der Waals surface area contributed by atoms with Crippen LogP contribution in [-0.4, -0.2) is 89.2 Å². The quantitative estimate of drug-likeness (QED) is 0.650. The lowest BCUT2D eigenvalue weighted by atomic mass is 9.96. The lowest BCUT2D eigenvalue weighted by Gasteiger charge is -2.47. The highest BCUT2D eigenvalue weighted by Gasteiger charge is 2.38. The molecular weight excluding hydrogens is 432 g/mol. The van der Waals surface area contributed by atoms with E-state index in [1.54, 1.807) is 12.4 Å². The lowest BCUT2D eigenvalue weighted by Crippen LogP contribution is -2.59. The molecule has 0 saturated carbocycles. The number of benzene rings is 1. The van der Waals surface area contributed by atoms with Crippen LogP contribution in [0.2, 0.25) is 0 Å². The smallest absolute Gasteiger partial charge is 0.324 e. The summed E-state index contributed by atoms with van der Waals surface area (Å²) >= 11 is 0. The van der Waals surface area contributed by atoms with Gasteiger partial charge in [0, 0.05) is 44.1 Å². The Labute approximate surface area is 200 Å². The predicted molar refractivity (Wildman–Crippen MR) is 127 cm³/mol. The fourth-order valence-corrected chi connectivity index (χ4v) is 5.21. The largest absolute Gasteiger partial charge is 0.373 e.